The van der Waals surface area contributed by atoms with Crippen molar-refractivity contribution in [3.8, 4) is 0 Å². The maximum Gasteiger partial charge on any atom is 0.350 e. The molecule has 4 rings (SSSR count). The quantitative estimate of drug-likeness (QED) is 0.461. The van der Waals surface area contributed by atoms with Gasteiger partial charge >= 0.3 is 5.69 Å². The fourth-order valence-electron chi connectivity index (χ4n) is 2.81. The number of carbonyl (C=O) groups is 1. The summed E-state index contributed by atoms with van der Waals surface area (Å²) in [5.41, 5.74) is 0.991. The molecule has 152 valence electrons. The number of aryl methyl sites for hydroxylation is 1. The topological polar surface area (TPSA) is 81.3 Å². The molecule has 0 spiro atoms. The lowest BCUT2D eigenvalue weighted by atomic mass is 10.2. The average molecular weight is 488 g/mol. The predicted octanol–water partition coefficient (Wildman–Crippen LogP) is 3.89. The van der Waals surface area contributed by atoms with Gasteiger partial charge in [-0.1, -0.05) is 45.4 Å². The fourth-order valence-corrected chi connectivity index (χ4v) is 4.10. The van der Waals surface area contributed by atoms with E-state index in [1.807, 2.05) is 31.2 Å². The lowest BCUT2D eigenvalue weighted by molar-refractivity contribution is -0.117. The van der Waals surface area contributed by atoms with Crippen LogP contribution in [0.2, 0.25) is 0 Å². The molecule has 30 heavy (non-hydrogen) atoms. The van der Waals surface area contributed by atoms with Crippen molar-refractivity contribution in [2.24, 2.45) is 0 Å². The molecule has 0 unspecified atom stereocenters. The highest BCUT2D eigenvalue weighted by Crippen LogP contribution is 2.28. The largest absolute Gasteiger partial charge is 0.350 e. The summed E-state index contributed by atoms with van der Waals surface area (Å²) in [5.74, 6) is -1.15. The summed E-state index contributed by atoms with van der Waals surface area (Å²) in [4.78, 5) is 30.3. The molecular weight excluding hydrogens is 473 g/mol. The molecule has 1 N–H and O–H groups in total. The van der Waals surface area contributed by atoms with Crippen molar-refractivity contribution < 1.29 is 9.18 Å². The molecule has 10 heteroatoms. The third-order valence-electron chi connectivity index (χ3n) is 4.17. The van der Waals surface area contributed by atoms with Crippen molar-refractivity contribution in [3.63, 3.8) is 0 Å². The minimum Gasteiger partial charge on any atom is -0.322 e. The van der Waals surface area contributed by atoms with Crippen LogP contribution in [0.5, 0.6) is 0 Å². The van der Waals surface area contributed by atoms with Crippen LogP contribution in [0.4, 0.5) is 10.1 Å². The SMILES string of the molecule is Cc1cccc(Sc2nccn3c(=O)n(CC(=O)Nc4ccc(Br)cc4F)nc23)c1. The van der Waals surface area contributed by atoms with E-state index in [1.54, 1.807) is 6.07 Å². The van der Waals surface area contributed by atoms with Crippen molar-refractivity contribution in [2.75, 3.05) is 5.32 Å². The highest BCUT2D eigenvalue weighted by atomic mass is 79.9. The van der Waals surface area contributed by atoms with E-state index < -0.39 is 17.4 Å². The van der Waals surface area contributed by atoms with Crippen LogP contribution >= 0.6 is 27.7 Å². The first-order chi connectivity index (χ1) is 14.4. The van der Waals surface area contributed by atoms with Gasteiger partial charge in [-0.05, 0) is 37.3 Å². The van der Waals surface area contributed by atoms with Crippen LogP contribution < -0.4 is 11.0 Å². The highest BCUT2D eigenvalue weighted by molar-refractivity contribution is 9.10. The summed E-state index contributed by atoms with van der Waals surface area (Å²) in [5, 5.41) is 7.26. The Hall–Kier alpha value is -2.98. The lowest BCUT2D eigenvalue weighted by Gasteiger charge is -2.06. The minimum absolute atomic E-state index is 0.0253. The number of rotatable bonds is 5. The number of hydrogen-bond donors (Lipinski definition) is 1. The molecule has 2 heterocycles. The first-order valence-electron chi connectivity index (χ1n) is 8.84. The molecule has 0 aliphatic heterocycles. The number of carbonyl (C=O) groups excluding carboxylic acids is 1. The summed E-state index contributed by atoms with van der Waals surface area (Å²) in [6.07, 6.45) is 3.00. The van der Waals surface area contributed by atoms with Gasteiger partial charge in [-0.2, -0.15) is 0 Å². The number of amides is 1. The number of nitrogens with zero attached hydrogens (tertiary/aromatic N) is 4. The minimum atomic E-state index is -0.582. The van der Waals surface area contributed by atoms with Crippen molar-refractivity contribution in [2.45, 2.75) is 23.4 Å². The molecule has 0 fully saturated rings. The van der Waals surface area contributed by atoms with Crippen LogP contribution in [0.25, 0.3) is 5.65 Å². The lowest BCUT2D eigenvalue weighted by Crippen LogP contribution is -2.28. The maximum absolute atomic E-state index is 13.9. The number of halogens is 2. The van der Waals surface area contributed by atoms with Gasteiger partial charge in [0, 0.05) is 21.8 Å². The Morgan fingerprint density at radius 2 is 2.10 bits per heavy atom. The molecular formula is C20H15BrFN5O2S. The van der Waals surface area contributed by atoms with Gasteiger partial charge in [0.05, 0.1) is 5.69 Å². The van der Waals surface area contributed by atoms with Gasteiger partial charge < -0.3 is 5.32 Å². The predicted molar refractivity (Wildman–Crippen MR) is 115 cm³/mol. The van der Waals surface area contributed by atoms with Crippen molar-refractivity contribution in [1.29, 1.82) is 0 Å². The molecule has 0 radical (unpaired) electrons. The van der Waals surface area contributed by atoms with Gasteiger partial charge in [0.25, 0.3) is 0 Å². The van der Waals surface area contributed by atoms with Crippen molar-refractivity contribution in [3.05, 3.63) is 81.2 Å². The number of hydrogen-bond acceptors (Lipinski definition) is 5. The van der Waals surface area contributed by atoms with Crippen LogP contribution in [0.1, 0.15) is 5.56 Å². The molecule has 2 aromatic carbocycles. The third kappa shape index (κ3) is 4.29. The van der Waals surface area contributed by atoms with Crippen LogP contribution in [0, 0.1) is 12.7 Å². The molecule has 2 aromatic heterocycles. The average Bonchev–Trinajstić information content (AvgIpc) is 3.01. The molecule has 0 saturated carbocycles. The first-order valence-corrected chi connectivity index (χ1v) is 10.5. The van der Waals surface area contributed by atoms with Crippen LogP contribution in [0.3, 0.4) is 0 Å². The number of anilines is 1. The Labute approximate surface area is 183 Å². The van der Waals surface area contributed by atoms with Gasteiger partial charge in [-0.15, -0.1) is 5.10 Å². The molecule has 0 bridgehead atoms. The smallest absolute Gasteiger partial charge is 0.322 e. The van der Waals surface area contributed by atoms with Crippen LogP contribution in [-0.4, -0.2) is 25.1 Å². The monoisotopic (exact) mass is 487 g/mol. The van der Waals surface area contributed by atoms with E-state index >= 15 is 0 Å². The number of benzene rings is 2. The van der Waals surface area contributed by atoms with Crippen LogP contribution in [0.15, 0.2) is 74.0 Å². The maximum atomic E-state index is 13.9. The number of fused-ring (bicyclic) bond motifs is 1. The number of aromatic nitrogens is 4. The van der Waals surface area contributed by atoms with Crippen molar-refractivity contribution in [1.82, 2.24) is 19.2 Å². The first kappa shape index (κ1) is 20.3. The summed E-state index contributed by atoms with van der Waals surface area (Å²) in [6.45, 7) is 1.63. The van der Waals surface area contributed by atoms with Gasteiger partial charge in [0.2, 0.25) is 5.91 Å². The van der Waals surface area contributed by atoms with E-state index in [9.17, 15) is 14.0 Å². The zero-order valence-corrected chi connectivity index (χ0v) is 18.1. The number of nitrogens with one attached hydrogen (secondary N) is 1. The van der Waals surface area contributed by atoms with Crippen molar-refractivity contribution >= 4 is 44.9 Å². The van der Waals surface area contributed by atoms with Gasteiger partial charge in [-0.25, -0.2) is 23.3 Å². The Morgan fingerprint density at radius 1 is 1.27 bits per heavy atom. The van der Waals surface area contributed by atoms with E-state index in [0.717, 1.165) is 15.1 Å². The highest BCUT2D eigenvalue weighted by Gasteiger charge is 2.16. The standard InChI is InChI=1S/C20H15BrFN5O2S/c1-12-3-2-4-14(9-12)30-19-18-25-27(20(29)26(18)8-7-23-19)11-17(28)24-16-6-5-13(21)10-15(16)22/h2-10H,11H2,1H3,(H,24,28). The second kappa shape index (κ2) is 8.41. The Bertz CT molecular complexity index is 1320. The summed E-state index contributed by atoms with van der Waals surface area (Å²) in [6, 6.07) is 12.2. The fraction of sp³-hybridized carbons (Fsp3) is 0.100. The molecule has 1 amide bonds. The molecule has 7 nitrogen and oxygen atoms in total. The summed E-state index contributed by atoms with van der Waals surface area (Å²) < 4.78 is 16.9. The molecule has 0 atom stereocenters. The van der Waals surface area contributed by atoms with E-state index in [2.05, 4.69) is 31.3 Å². The van der Waals surface area contributed by atoms with Crippen LogP contribution in [-0.2, 0) is 11.3 Å². The molecule has 0 aliphatic rings. The van der Waals surface area contributed by atoms with E-state index in [1.165, 1.54) is 40.7 Å². The second-order valence-corrected chi connectivity index (χ2v) is 8.44. The van der Waals surface area contributed by atoms with E-state index in [0.29, 0.717) is 15.1 Å². The van der Waals surface area contributed by atoms with Gasteiger partial charge in [0.15, 0.2) is 5.65 Å². The zero-order valence-electron chi connectivity index (χ0n) is 15.7. The van der Waals surface area contributed by atoms with Gasteiger partial charge in [-0.3, -0.25) is 4.79 Å². The zero-order chi connectivity index (χ0) is 21.3. The summed E-state index contributed by atoms with van der Waals surface area (Å²) >= 11 is 4.54. The summed E-state index contributed by atoms with van der Waals surface area (Å²) in [7, 11) is 0. The molecule has 0 saturated heterocycles. The second-order valence-electron chi connectivity index (χ2n) is 6.46. The Kier molecular flexibility index (Phi) is 5.69. The molecule has 0 aliphatic carbocycles. The Balaban J connectivity index is 1.60. The third-order valence-corrected chi connectivity index (χ3v) is 5.64. The molecule has 4 aromatic rings. The van der Waals surface area contributed by atoms with Gasteiger partial charge in [0.1, 0.15) is 17.4 Å². The normalized spacial score (nSPS) is 11.0. The van der Waals surface area contributed by atoms with E-state index in [-0.39, 0.29) is 12.2 Å². The Morgan fingerprint density at radius 3 is 2.87 bits per heavy atom. The van der Waals surface area contributed by atoms with E-state index in [4.69, 9.17) is 0 Å².